The lowest BCUT2D eigenvalue weighted by Crippen LogP contribution is -2.34. The van der Waals surface area contributed by atoms with Gasteiger partial charge in [0.05, 0.1) is 0 Å². The highest BCUT2D eigenvalue weighted by atomic mass is 32.2. The van der Waals surface area contributed by atoms with Crippen molar-refractivity contribution >= 4 is 15.7 Å². The Balaban J connectivity index is 1.81. The number of benzene rings is 1. The van der Waals surface area contributed by atoms with E-state index in [4.69, 9.17) is 4.52 Å². The first-order valence-corrected chi connectivity index (χ1v) is 9.11. The third-order valence-corrected chi connectivity index (χ3v) is 6.02. The third kappa shape index (κ3) is 2.98. The minimum atomic E-state index is -3.61. The number of nitrogens with one attached hydrogen (secondary N) is 1. The molecule has 0 fully saturated rings. The Kier molecular flexibility index (Phi) is 4.16. The molecule has 0 amide bonds. The number of nitrogens with zero attached hydrogens (tertiary/aromatic N) is 2. The van der Waals surface area contributed by atoms with Gasteiger partial charge in [0, 0.05) is 31.7 Å². The largest absolute Gasteiger partial charge is 0.374 e. The zero-order chi connectivity index (χ0) is 16.6. The second-order valence-corrected chi connectivity index (χ2v) is 7.67. The van der Waals surface area contributed by atoms with Gasteiger partial charge in [0.2, 0.25) is 10.0 Å². The monoisotopic (exact) mass is 335 g/mol. The molecule has 23 heavy (non-hydrogen) atoms. The van der Waals surface area contributed by atoms with Crippen LogP contribution in [0, 0.1) is 13.8 Å². The zero-order valence-corrected chi connectivity index (χ0v) is 14.4. The molecule has 1 aromatic heterocycles. The summed E-state index contributed by atoms with van der Waals surface area (Å²) in [5, 5.41) is 3.72. The van der Waals surface area contributed by atoms with Gasteiger partial charge in [-0.3, -0.25) is 0 Å². The molecule has 1 aromatic carbocycles. The maximum Gasteiger partial charge on any atom is 0.245 e. The van der Waals surface area contributed by atoms with Gasteiger partial charge < -0.3 is 9.42 Å². The highest BCUT2D eigenvalue weighted by Gasteiger charge is 2.28. The topological polar surface area (TPSA) is 75.4 Å². The van der Waals surface area contributed by atoms with E-state index in [0.717, 1.165) is 13.0 Å². The van der Waals surface area contributed by atoms with E-state index < -0.39 is 10.0 Å². The van der Waals surface area contributed by atoms with Gasteiger partial charge in [0.25, 0.3) is 0 Å². The SMILES string of the molecule is Cc1noc(C)c1S(=O)(=O)NC[C@@H]1CCN(C)c2ccccc21. The Hall–Kier alpha value is -1.86. The second-order valence-electron chi connectivity index (χ2n) is 5.97. The molecule has 2 heterocycles. The van der Waals surface area contributed by atoms with Gasteiger partial charge in [-0.2, -0.15) is 0 Å². The van der Waals surface area contributed by atoms with E-state index in [2.05, 4.69) is 34.0 Å². The van der Waals surface area contributed by atoms with Crippen LogP contribution in [0.2, 0.25) is 0 Å². The summed E-state index contributed by atoms with van der Waals surface area (Å²) in [6.07, 6.45) is 0.914. The summed E-state index contributed by atoms with van der Waals surface area (Å²) in [4.78, 5) is 2.35. The molecule has 7 heteroatoms. The van der Waals surface area contributed by atoms with Crippen LogP contribution < -0.4 is 9.62 Å². The number of para-hydroxylation sites is 1. The van der Waals surface area contributed by atoms with Crippen molar-refractivity contribution < 1.29 is 12.9 Å². The Morgan fingerprint density at radius 1 is 1.35 bits per heavy atom. The highest BCUT2D eigenvalue weighted by molar-refractivity contribution is 7.89. The van der Waals surface area contributed by atoms with E-state index >= 15 is 0 Å². The van der Waals surface area contributed by atoms with Crippen molar-refractivity contribution in [2.75, 3.05) is 25.0 Å². The normalized spacial score (nSPS) is 18.0. The number of hydrogen-bond donors (Lipinski definition) is 1. The summed E-state index contributed by atoms with van der Waals surface area (Å²) in [6, 6.07) is 8.14. The van der Waals surface area contributed by atoms with Gasteiger partial charge in [-0.25, -0.2) is 13.1 Å². The van der Waals surface area contributed by atoms with Crippen LogP contribution >= 0.6 is 0 Å². The number of aryl methyl sites for hydroxylation is 2. The fourth-order valence-electron chi connectivity index (χ4n) is 3.16. The molecule has 0 saturated carbocycles. The predicted molar refractivity (Wildman–Crippen MR) is 88.2 cm³/mol. The summed E-state index contributed by atoms with van der Waals surface area (Å²) < 4.78 is 32.8. The molecular weight excluding hydrogens is 314 g/mol. The molecule has 124 valence electrons. The molecule has 1 aliphatic rings. The first kappa shape index (κ1) is 16.0. The van der Waals surface area contributed by atoms with Crippen LogP contribution in [0.5, 0.6) is 0 Å². The molecule has 0 bridgehead atoms. The van der Waals surface area contributed by atoms with Crippen molar-refractivity contribution in [1.82, 2.24) is 9.88 Å². The lowest BCUT2D eigenvalue weighted by atomic mass is 9.90. The van der Waals surface area contributed by atoms with Crippen molar-refractivity contribution in [2.24, 2.45) is 0 Å². The molecule has 0 spiro atoms. The quantitative estimate of drug-likeness (QED) is 0.927. The molecule has 6 nitrogen and oxygen atoms in total. The minimum Gasteiger partial charge on any atom is -0.374 e. The molecule has 0 unspecified atom stereocenters. The van der Waals surface area contributed by atoms with Crippen molar-refractivity contribution in [1.29, 1.82) is 0 Å². The maximum absolute atomic E-state index is 12.5. The minimum absolute atomic E-state index is 0.152. The summed E-state index contributed by atoms with van der Waals surface area (Å²) in [7, 11) is -1.55. The average molecular weight is 335 g/mol. The molecule has 1 N–H and O–H groups in total. The Labute approximate surface area is 136 Å². The van der Waals surface area contributed by atoms with E-state index in [1.807, 2.05) is 12.1 Å². The van der Waals surface area contributed by atoms with Crippen molar-refractivity contribution in [3.63, 3.8) is 0 Å². The van der Waals surface area contributed by atoms with Crippen molar-refractivity contribution in [3.05, 3.63) is 41.3 Å². The molecule has 0 saturated heterocycles. The van der Waals surface area contributed by atoms with Crippen LogP contribution in [0.25, 0.3) is 0 Å². The Morgan fingerprint density at radius 3 is 2.78 bits per heavy atom. The molecule has 1 aliphatic heterocycles. The fourth-order valence-corrected chi connectivity index (χ4v) is 4.57. The number of hydrogen-bond acceptors (Lipinski definition) is 5. The van der Waals surface area contributed by atoms with Crippen molar-refractivity contribution in [2.45, 2.75) is 31.1 Å². The molecular formula is C16H21N3O3S. The van der Waals surface area contributed by atoms with Crippen LogP contribution in [0.15, 0.2) is 33.7 Å². The van der Waals surface area contributed by atoms with Crippen LogP contribution in [-0.4, -0.2) is 33.7 Å². The van der Waals surface area contributed by atoms with Gasteiger partial charge in [-0.1, -0.05) is 23.4 Å². The number of aromatic nitrogens is 1. The summed E-state index contributed by atoms with van der Waals surface area (Å²) >= 11 is 0. The van der Waals surface area contributed by atoms with E-state index in [1.54, 1.807) is 13.8 Å². The van der Waals surface area contributed by atoms with Gasteiger partial charge >= 0.3 is 0 Å². The smallest absolute Gasteiger partial charge is 0.245 e. The first-order valence-electron chi connectivity index (χ1n) is 7.63. The van der Waals surface area contributed by atoms with Gasteiger partial charge in [0.15, 0.2) is 5.76 Å². The fraction of sp³-hybridized carbons (Fsp3) is 0.438. The van der Waals surface area contributed by atoms with E-state index in [0.29, 0.717) is 18.0 Å². The Morgan fingerprint density at radius 2 is 2.09 bits per heavy atom. The highest BCUT2D eigenvalue weighted by Crippen LogP contribution is 2.34. The molecule has 0 radical (unpaired) electrons. The summed E-state index contributed by atoms with van der Waals surface area (Å²) in [6.45, 7) is 4.53. The molecule has 1 atom stereocenters. The van der Waals surface area contributed by atoms with E-state index in [1.165, 1.54) is 11.3 Å². The number of sulfonamides is 1. The van der Waals surface area contributed by atoms with Crippen LogP contribution in [-0.2, 0) is 10.0 Å². The summed E-state index contributed by atoms with van der Waals surface area (Å²) in [5.41, 5.74) is 2.74. The van der Waals surface area contributed by atoms with Crippen LogP contribution in [0.4, 0.5) is 5.69 Å². The lowest BCUT2D eigenvalue weighted by molar-refractivity contribution is 0.390. The van der Waals surface area contributed by atoms with Gasteiger partial charge in [-0.15, -0.1) is 0 Å². The van der Waals surface area contributed by atoms with E-state index in [9.17, 15) is 8.42 Å². The molecule has 0 aliphatic carbocycles. The summed E-state index contributed by atoms with van der Waals surface area (Å²) in [5.74, 6) is 0.483. The number of rotatable bonds is 4. The lowest BCUT2D eigenvalue weighted by Gasteiger charge is -2.33. The molecule has 2 aromatic rings. The average Bonchev–Trinajstić information content (AvgIpc) is 2.86. The molecule has 3 rings (SSSR count). The zero-order valence-electron chi connectivity index (χ0n) is 13.5. The van der Waals surface area contributed by atoms with Crippen LogP contribution in [0.3, 0.4) is 0 Å². The first-order chi connectivity index (χ1) is 10.9. The number of anilines is 1. The van der Waals surface area contributed by atoms with Gasteiger partial charge in [-0.05, 0) is 31.9 Å². The van der Waals surface area contributed by atoms with Crippen LogP contribution in [0.1, 0.15) is 29.4 Å². The second kappa shape index (κ2) is 5.98. The Bertz CT molecular complexity index is 794. The predicted octanol–water partition coefficient (Wildman–Crippen LogP) is 2.19. The maximum atomic E-state index is 12.5. The third-order valence-electron chi connectivity index (χ3n) is 4.36. The van der Waals surface area contributed by atoms with Gasteiger partial charge in [0.1, 0.15) is 10.6 Å². The standard InChI is InChI=1S/C16H21N3O3S/c1-11-16(12(2)22-18-11)23(20,21)17-10-13-8-9-19(3)15-7-5-4-6-14(13)15/h4-7,13,17H,8-10H2,1-3H3/t13-/m0/s1. The van der Waals surface area contributed by atoms with Crippen molar-refractivity contribution in [3.8, 4) is 0 Å². The van der Waals surface area contributed by atoms with E-state index in [-0.39, 0.29) is 10.8 Å². The number of fused-ring (bicyclic) bond motifs is 1.